The topological polar surface area (TPSA) is 61.4 Å². The van der Waals surface area contributed by atoms with E-state index in [1.54, 1.807) is 24.0 Å². The van der Waals surface area contributed by atoms with E-state index in [2.05, 4.69) is 10.6 Å². The molecule has 1 heterocycles. The van der Waals surface area contributed by atoms with Crippen molar-refractivity contribution in [3.8, 4) is 0 Å². The number of amides is 3. The lowest BCUT2D eigenvalue weighted by molar-refractivity contribution is -0.121. The predicted molar refractivity (Wildman–Crippen MR) is 85.6 cm³/mol. The van der Waals surface area contributed by atoms with E-state index in [4.69, 9.17) is 0 Å². The van der Waals surface area contributed by atoms with Gasteiger partial charge >= 0.3 is 6.03 Å². The number of hydrogen-bond donors (Lipinski definition) is 2. The van der Waals surface area contributed by atoms with Crippen LogP contribution in [0.1, 0.15) is 31.2 Å². The third-order valence-electron chi connectivity index (χ3n) is 4.50. The number of rotatable bonds is 3. The summed E-state index contributed by atoms with van der Waals surface area (Å²) in [5.74, 6) is -0.561. The van der Waals surface area contributed by atoms with Gasteiger partial charge < -0.3 is 15.5 Å². The van der Waals surface area contributed by atoms with E-state index >= 15 is 0 Å². The normalized spacial score (nSPS) is 18.6. The number of hydrogen-bond acceptors (Lipinski definition) is 2. The SMILES string of the molecule is Cc1ccc(NC(=O)C2CCN(C(=O)NC3CC3)CC2)cc1F. The third kappa shape index (κ3) is 4.00. The fraction of sp³-hybridized carbons (Fsp3) is 0.529. The van der Waals surface area contributed by atoms with Crippen molar-refractivity contribution in [3.05, 3.63) is 29.6 Å². The minimum Gasteiger partial charge on any atom is -0.335 e. The Kier molecular flexibility index (Phi) is 4.50. The molecule has 3 rings (SSSR count). The van der Waals surface area contributed by atoms with E-state index in [1.165, 1.54) is 6.07 Å². The van der Waals surface area contributed by atoms with Crippen molar-refractivity contribution in [1.29, 1.82) is 0 Å². The fourth-order valence-corrected chi connectivity index (χ4v) is 2.75. The average Bonchev–Trinajstić information content (AvgIpc) is 3.35. The zero-order chi connectivity index (χ0) is 16.4. The molecule has 1 saturated heterocycles. The van der Waals surface area contributed by atoms with Crippen LogP contribution in [-0.2, 0) is 4.79 Å². The van der Waals surface area contributed by atoms with Gasteiger partial charge in [0.15, 0.2) is 0 Å². The number of carbonyl (C=O) groups excluding carboxylic acids is 2. The molecule has 0 spiro atoms. The first-order valence-corrected chi connectivity index (χ1v) is 8.15. The summed E-state index contributed by atoms with van der Waals surface area (Å²) >= 11 is 0. The van der Waals surface area contributed by atoms with Gasteiger partial charge in [0, 0.05) is 30.7 Å². The molecule has 0 unspecified atom stereocenters. The van der Waals surface area contributed by atoms with Crippen LogP contribution in [0, 0.1) is 18.7 Å². The first-order chi connectivity index (χ1) is 11.0. The van der Waals surface area contributed by atoms with Gasteiger partial charge in [-0.3, -0.25) is 4.79 Å². The molecule has 2 aliphatic rings. The van der Waals surface area contributed by atoms with Gasteiger partial charge in [-0.05, 0) is 50.3 Å². The molecule has 1 aromatic carbocycles. The van der Waals surface area contributed by atoms with Gasteiger partial charge in [-0.25, -0.2) is 9.18 Å². The van der Waals surface area contributed by atoms with Crippen molar-refractivity contribution in [1.82, 2.24) is 10.2 Å². The Morgan fingerprint density at radius 2 is 1.87 bits per heavy atom. The Bertz CT molecular complexity index is 608. The van der Waals surface area contributed by atoms with Crippen LogP contribution in [0.5, 0.6) is 0 Å². The molecule has 2 fully saturated rings. The van der Waals surface area contributed by atoms with Crippen molar-refractivity contribution in [2.75, 3.05) is 18.4 Å². The summed E-state index contributed by atoms with van der Waals surface area (Å²) in [6.45, 7) is 2.85. The molecule has 0 aromatic heterocycles. The average molecular weight is 319 g/mol. The zero-order valence-electron chi connectivity index (χ0n) is 13.3. The highest BCUT2D eigenvalue weighted by Crippen LogP contribution is 2.22. The van der Waals surface area contributed by atoms with Crippen LogP contribution in [0.2, 0.25) is 0 Å². The molecule has 3 amide bonds. The minimum absolute atomic E-state index is 0.0213. The molecule has 1 saturated carbocycles. The van der Waals surface area contributed by atoms with Crippen LogP contribution in [-0.4, -0.2) is 36.0 Å². The predicted octanol–water partition coefficient (Wildman–Crippen LogP) is 2.66. The number of piperidine rings is 1. The van der Waals surface area contributed by atoms with E-state index in [1.807, 2.05) is 0 Å². The molecule has 1 aromatic rings. The second-order valence-electron chi connectivity index (χ2n) is 6.44. The second-order valence-corrected chi connectivity index (χ2v) is 6.44. The van der Waals surface area contributed by atoms with E-state index in [0.717, 1.165) is 12.8 Å². The smallest absolute Gasteiger partial charge is 0.317 e. The maximum atomic E-state index is 13.5. The van der Waals surface area contributed by atoms with Crippen LogP contribution < -0.4 is 10.6 Å². The first kappa shape index (κ1) is 15.8. The van der Waals surface area contributed by atoms with Crippen molar-refractivity contribution in [2.24, 2.45) is 5.92 Å². The Morgan fingerprint density at radius 3 is 2.48 bits per heavy atom. The van der Waals surface area contributed by atoms with Crippen LogP contribution in [0.3, 0.4) is 0 Å². The maximum Gasteiger partial charge on any atom is 0.317 e. The Morgan fingerprint density at radius 1 is 1.17 bits per heavy atom. The molecular weight excluding hydrogens is 297 g/mol. The monoisotopic (exact) mass is 319 g/mol. The summed E-state index contributed by atoms with van der Waals surface area (Å²) in [5, 5.41) is 5.73. The van der Waals surface area contributed by atoms with Gasteiger partial charge in [-0.1, -0.05) is 6.07 Å². The van der Waals surface area contributed by atoms with Gasteiger partial charge in [0.25, 0.3) is 0 Å². The molecule has 1 aliphatic heterocycles. The number of likely N-dealkylation sites (tertiary alicyclic amines) is 1. The van der Waals surface area contributed by atoms with Crippen molar-refractivity contribution in [2.45, 2.75) is 38.6 Å². The summed E-state index contributed by atoms with van der Waals surface area (Å²) in [5.41, 5.74) is 1.03. The van der Waals surface area contributed by atoms with E-state index < -0.39 is 0 Å². The molecular formula is C17H22FN3O2. The number of nitrogens with zero attached hydrogens (tertiary/aromatic N) is 1. The molecule has 23 heavy (non-hydrogen) atoms. The number of halogens is 1. The number of anilines is 1. The first-order valence-electron chi connectivity index (χ1n) is 8.15. The molecule has 0 atom stereocenters. The lowest BCUT2D eigenvalue weighted by Crippen LogP contribution is -2.46. The largest absolute Gasteiger partial charge is 0.335 e. The Hall–Kier alpha value is -2.11. The van der Waals surface area contributed by atoms with Crippen LogP contribution in [0.15, 0.2) is 18.2 Å². The number of carbonyl (C=O) groups is 2. The molecule has 124 valence electrons. The van der Waals surface area contributed by atoms with Gasteiger partial charge in [0.1, 0.15) is 5.82 Å². The lowest BCUT2D eigenvalue weighted by atomic mass is 9.96. The lowest BCUT2D eigenvalue weighted by Gasteiger charge is -2.31. The van der Waals surface area contributed by atoms with Crippen molar-refractivity contribution < 1.29 is 14.0 Å². The Labute approximate surface area is 135 Å². The number of nitrogens with one attached hydrogen (secondary N) is 2. The van der Waals surface area contributed by atoms with Gasteiger partial charge in [0.05, 0.1) is 0 Å². The molecule has 1 aliphatic carbocycles. The summed E-state index contributed by atoms with van der Waals surface area (Å²) in [4.78, 5) is 26.0. The molecule has 2 N–H and O–H groups in total. The summed E-state index contributed by atoms with van der Waals surface area (Å²) in [7, 11) is 0. The number of benzene rings is 1. The van der Waals surface area contributed by atoms with E-state index in [9.17, 15) is 14.0 Å². The highest BCUT2D eigenvalue weighted by atomic mass is 19.1. The summed E-state index contributed by atoms with van der Waals surface area (Å²) in [6, 6.07) is 5.02. The van der Waals surface area contributed by atoms with Crippen LogP contribution in [0.25, 0.3) is 0 Å². The Balaban J connectivity index is 1.49. The van der Waals surface area contributed by atoms with Gasteiger partial charge in [-0.15, -0.1) is 0 Å². The second kappa shape index (κ2) is 6.56. The number of aryl methyl sites for hydroxylation is 1. The van der Waals surface area contributed by atoms with Crippen LogP contribution in [0.4, 0.5) is 14.9 Å². The van der Waals surface area contributed by atoms with Gasteiger partial charge in [0.2, 0.25) is 5.91 Å². The summed E-state index contributed by atoms with van der Waals surface area (Å²) in [6.07, 6.45) is 3.41. The molecule has 6 heteroatoms. The molecule has 0 bridgehead atoms. The fourth-order valence-electron chi connectivity index (χ4n) is 2.75. The van der Waals surface area contributed by atoms with Crippen molar-refractivity contribution >= 4 is 17.6 Å². The zero-order valence-corrected chi connectivity index (χ0v) is 13.3. The quantitative estimate of drug-likeness (QED) is 0.900. The third-order valence-corrected chi connectivity index (χ3v) is 4.50. The van der Waals surface area contributed by atoms with Crippen LogP contribution >= 0.6 is 0 Å². The maximum absolute atomic E-state index is 13.5. The standard InChI is InChI=1S/C17H22FN3O2/c1-11-2-3-14(10-15(11)18)19-16(22)12-6-8-21(9-7-12)17(23)20-13-4-5-13/h2-3,10,12-13H,4-9H2,1H3,(H,19,22)(H,20,23). The highest BCUT2D eigenvalue weighted by Gasteiger charge is 2.30. The number of urea groups is 1. The van der Waals surface area contributed by atoms with E-state index in [-0.39, 0.29) is 23.7 Å². The van der Waals surface area contributed by atoms with E-state index in [0.29, 0.717) is 43.2 Å². The molecule has 0 radical (unpaired) electrons. The minimum atomic E-state index is -0.325. The van der Waals surface area contributed by atoms with Crippen molar-refractivity contribution in [3.63, 3.8) is 0 Å². The highest BCUT2D eigenvalue weighted by molar-refractivity contribution is 5.92. The molecule has 5 nitrogen and oxygen atoms in total. The summed E-state index contributed by atoms with van der Waals surface area (Å²) < 4.78 is 13.5. The van der Waals surface area contributed by atoms with Gasteiger partial charge in [-0.2, -0.15) is 0 Å².